The van der Waals surface area contributed by atoms with Crippen LogP contribution < -0.4 is 10.2 Å². The molecule has 1 saturated heterocycles. The first-order valence-electron chi connectivity index (χ1n) is 11.8. The lowest BCUT2D eigenvalue weighted by Crippen LogP contribution is -2.58. The minimum absolute atomic E-state index is 0.280. The molecule has 35 heavy (non-hydrogen) atoms. The van der Waals surface area contributed by atoms with Crippen molar-refractivity contribution in [3.8, 4) is 0 Å². The molecule has 0 spiro atoms. The lowest BCUT2D eigenvalue weighted by atomic mass is 9.95. The predicted octanol–water partition coefficient (Wildman–Crippen LogP) is 7.15. The van der Waals surface area contributed by atoms with Crippen LogP contribution in [0.2, 0.25) is 10.0 Å². The molecule has 186 valence electrons. The number of urea groups is 2. The summed E-state index contributed by atoms with van der Waals surface area (Å²) in [5.74, 6) is 0. The van der Waals surface area contributed by atoms with Gasteiger partial charge in [-0.05, 0) is 94.5 Å². The zero-order chi connectivity index (χ0) is 25.2. The van der Waals surface area contributed by atoms with Crippen LogP contribution in [0, 0.1) is 0 Å². The monoisotopic (exact) mass is 516 g/mol. The van der Waals surface area contributed by atoms with Crippen molar-refractivity contribution in [2.45, 2.75) is 57.7 Å². The summed E-state index contributed by atoms with van der Waals surface area (Å²) in [6, 6.07) is 12.3. The maximum atomic E-state index is 13.7. The van der Waals surface area contributed by atoms with Gasteiger partial charge in [0.05, 0.1) is 5.54 Å². The van der Waals surface area contributed by atoms with Crippen molar-refractivity contribution in [1.82, 2.24) is 9.96 Å². The van der Waals surface area contributed by atoms with E-state index in [2.05, 4.69) is 11.4 Å². The van der Waals surface area contributed by atoms with Gasteiger partial charge in [0.25, 0.3) is 0 Å². The van der Waals surface area contributed by atoms with Gasteiger partial charge >= 0.3 is 12.1 Å². The van der Waals surface area contributed by atoms with Crippen molar-refractivity contribution in [1.29, 1.82) is 0 Å². The fourth-order valence-electron chi connectivity index (χ4n) is 4.79. The quantitative estimate of drug-likeness (QED) is 0.243. The molecule has 1 heterocycles. The molecule has 2 aliphatic rings. The molecule has 1 unspecified atom stereocenters. The van der Waals surface area contributed by atoms with E-state index < -0.39 is 17.7 Å². The summed E-state index contributed by atoms with van der Waals surface area (Å²) in [7, 11) is 0. The molecular formula is C26H30Cl2N4O3. The zero-order valence-electron chi connectivity index (χ0n) is 19.9. The summed E-state index contributed by atoms with van der Waals surface area (Å²) in [6.07, 6.45) is 6.53. The molecule has 2 aromatic rings. The van der Waals surface area contributed by atoms with E-state index in [9.17, 15) is 14.8 Å². The van der Waals surface area contributed by atoms with E-state index in [1.165, 1.54) is 16.9 Å². The highest BCUT2D eigenvalue weighted by Gasteiger charge is 2.55. The van der Waals surface area contributed by atoms with Crippen molar-refractivity contribution in [2.75, 3.05) is 16.8 Å². The van der Waals surface area contributed by atoms with Crippen LogP contribution in [-0.4, -0.2) is 45.5 Å². The number of nitrogens with zero attached hydrogens (tertiary/aromatic N) is 3. The Bertz CT molecular complexity index is 1100. The number of allylic oxidation sites excluding steroid dienone is 1. The molecule has 1 atom stereocenters. The van der Waals surface area contributed by atoms with Gasteiger partial charge in [0, 0.05) is 28.0 Å². The molecule has 9 heteroatoms. The Morgan fingerprint density at radius 3 is 2.31 bits per heavy atom. The maximum Gasteiger partial charge on any atom is 0.347 e. The van der Waals surface area contributed by atoms with Crippen LogP contribution in [0.4, 0.5) is 21.0 Å². The minimum Gasteiger partial charge on any atom is -0.315 e. The fourth-order valence-corrected chi connectivity index (χ4v) is 5.05. The lowest BCUT2D eigenvalue weighted by molar-refractivity contribution is -0.0947. The molecule has 2 N–H and O–H groups in total. The number of halogens is 2. The number of hydrogen-bond acceptors (Lipinski definition) is 3. The first kappa shape index (κ1) is 25.4. The molecule has 0 radical (unpaired) electrons. The van der Waals surface area contributed by atoms with Gasteiger partial charge in [-0.2, -0.15) is 5.06 Å². The summed E-state index contributed by atoms with van der Waals surface area (Å²) >= 11 is 12.0. The van der Waals surface area contributed by atoms with Gasteiger partial charge in [-0.3, -0.25) is 10.1 Å². The molecule has 7 nitrogen and oxygen atoms in total. The van der Waals surface area contributed by atoms with Gasteiger partial charge < -0.3 is 10.2 Å². The van der Waals surface area contributed by atoms with E-state index in [0.717, 1.165) is 25.7 Å². The van der Waals surface area contributed by atoms with Crippen molar-refractivity contribution < 1.29 is 14.8 Å². The Labute approximate surface area is 215 Å². The van der Waals surface area contributed by atoms with Crippen molar-refractivity contribution in [3.63, 3.8) is 0 Å². The van der Waals surface area contributed by atoms with Crippen LogP contribution in [0.1, 0.15) is 46.0 Å². The number of hydrogen-bond donors (Lipinski definition) is 2. The Hall–Kier alpha value is -2.74. The van der Waals surface area contributed by atoms with Crippen LogP contribution in [0.15, 0.2) is 60.2 Å². The average Bonchev–Trinajstić information content (AvgIpc) is 3.04. The summed E-state index contributed by atoms with van der Waals surface area (Å²) in [4.78, 5) is 30.0. The number of amides is 4. The number of carbonyl (C=O) groups is 2. The molecule has 2 aromatic carbocycles. The molecular weight excluding hydrogens is 487 g/mol. The summed E-state index contributed by atoms with van der Waals surface area (Å²) in [5.41, 5.74) is 1.47. The summed E-state index contributed by atoms with van der Waals surface area (Å²) in [5, 5.41) is 15.5. The van der Waals surface area contributed by atoms with Crippen LogP contribution in [0.25, 0.3) is 0 Å². The van der Waals surface area contributed by atoms with Crippen LogP contribution in [0.3, 0.4) is 0 Å². The van der Waals surface area contributed by atoms with Crippen molar-refractivity contribution in [2.24, 2.45) is 0 Å². The van der Waals surface area contributed by atoms with Crippen molar-refractivity contribution >= 4 is 46.6 Å². The highest BCUT2D eigenvalue weighted by molar-refractivity contribution is 6.31. The molecule has 0 bridgehead atoms. The first-order chi connectivity index (χ1) is 16.7. The molecule has 0 aromatic heterocycles. The van der Waals surface area contributed by atoms with E-state index in [1.807, 2.05) is 13.8 Å². The third-order valence-electron chi connectivity index (χ3n) is 6.69. The number of anilines is 2. The maximum absolute atomic E-state index is 13.7. The summed E-state index contributed by atoms with van der Waals surface area (Å²) in [6.45, 7) is 4.21. The Morgan fingerprint density at radius 2 is 1.71 bits per heavy atom. The SMILES string of the molecule is CC1(C)C(N(O)C(=O)Nc2ccc(Cl)cc2)N(c2ccc(Cl)cc2)C(=O)N1CCC1=CCCCC1. The number of hydroxylamine groups is 2. The van der Waals surface area contributed by atoms with E-state index in [4.69, 9.17) is 23.2 Å². The van der Waals surface area contributed by atoms with E-state index in [-0.39, 0.29) is 6.03 Å². The number of carbonyl (C=O) groups excluding carboxylic acids is 2. The van der Waals surface area contributed by atoms with Gasteiger partial charge in [0.1, 0.15) is 0 Å². The van der Waals surface area contributed by atoms with Crippen LogP contribution >= 0.6 is 23.2 Å². The zero-order valence-corrected chi connectivity index (χ0v) is 21.4. The highest BCUT2D eigenvalue weighted by atomic mass is 35.5. The van der Waals surface area contributed by atoms with Gasteiger partial charge in [0.15, 0.2) is 6.17 Å². The Kier molecular flexibility index (Phi) is 7.59. The topological polar surface area (TPSA) is 76.1 Å². The molecule has 4 rings (SSSR count). The van der Waals surface area contributed by atoms with Crippen LogP contribution in [0.5, 0.6) is 0 Å². The van der Waals surface area contributed by atoms with E-state index in [1.54, 1.807) is 53.4 Å². The van der Waals surface area contributed by atoms with Crippen molar-refractivity contribution in [3.05, 3.63) is 70.2 Å². The predicted molar refractivity (Wildman–Crippen MR) is 139 cm³/mol. The molecule has 1 aliphatic carbocycles. The van der Waals surface area contributed by atoms with Crippen LogP contribution in [-0.2, 0) is 0 Å². The Balaban J connectivity index is 1.62. The molecule has 0 saturated carbocycles. The number of rotatable bonds is 6. The third-order valence-corrected chi connectivity index (χ3v) is 7.19. The standard InChI is InChI=1S/C26H30Cl2N4O3/c1-26(2)23(32(35)24(33)29-21-12-8-19(27)9-13-21)31(22-14-10-20(28)11-15-22)25(34)30(26)17-16-18-6-4-3-5-7-18/h6,8-15,23,35H,3-5,7,16-17H2,1-2H3,(H,29,33). The first-order valence-corrected chi connectivity index (χ1v) is 12.5. The van der Waals surface area contributed by atoms with Gasteiger partial charge in [-0.25, -0.2) is 9.59 Å². The van der Waals surface area contributed by atoms with E-state index >= 15 is 0 Å². The second kappa shape index (κ2) is 10.5. The molecule has 4 amide bonds. The van der Waals surface area contributed by atoms with Gasteiger partial charge in [0.2, 0.25) is 0 Å². The van der Waals surface area contributed by atoms with E-state index in [0.29, 0.717) is 33.0 Å². The van der Waals surface area contributed by atoms with Gasteiger partial charge in [-0.15, -0.1) is 0 Å². The molecule has 1 fully saturated rings. The third kappa shape index (κ3) is 5.42. The second-order valence-electron chi connectivity index (χ2n) is 9.45. The minimum atomic E-state index is -0.983. The number of nitrogens with one attached hydrogen (secondary N) is 1. The largest absolute Gasteiger partial charge is 0.347 e. The summed E-state index contributed by atoms with van der Waals surface area (Å²) < 4.78 is 0. The van der Waals surface area contributed by atoms with Gasteiger partial charge in [-0.1, -0.05) is 34.9 Å². The second-order valence-corrected chi connectivity index (χ2v) is 10.3. The average molecular weight is 517 g/mol. The molecule has 1 aliphatic heterocycles. The normalized spacial score (nSPS) is 19.5. The fraction of sp³-hybridized carbons (Fsp3) is 0.385. The smallest absolute Gasteiger partial charge is 0.315 e. The lowest BCUT2D eigenvalue weighted by Gasteiger charge is -2.38. The highest BCUT2D eigenvalue weighted by Crippen LogP contribution is 2.39. The number of benzene rings is 2. The Morgan fingerprint density at radius 1 is 1.09 bits per heavy atom.